The number of ether oxygens (including phenoxy) is 1. The number of hydrogen-bond acceptors (Lipinski definition) is 5. The Kier molecular flexibility index (Phi) is 6.12. The predicted octanol–water partition coefficient (Wildman–Crippen LogP) is 3.09. The summed E-state index contributed by atoms with van der Waals surface area (Å²) in [4.78, 5) is 28.5. The van der Waals surface area contributed by atoms with Gasteiger partial charge in [0.15, 0.2) is 0 Å². The first-order valence-corrected chi connectivity index (χ1v) is 9.20. The molecule has 0 saturated carbocycles. The van der Waals surface area contributed by atoms with E-state index in [9.17, 15) is 14.9 Å². The minimum Gasteiger partial charge on any atom is -0.462 e. The second-order valence-electron chi connectivity index (χ2n) is 6.30. The van der Waals surface area contributed by atoms with Crippen molar-refractivity contribution in [1.29, 1.82) is 5.26 Å². The van der Waals surface area contributed by atoms with E-state index in [1.54, 1.807) is 42.2 Å². The molecule has 3 rings (SSSR count). The van der Waals surface area contributed by atoms with E-state index in [0.717, 1.165) is 5.69 Å². The van der Waals surface area contributed by atoms with Crippen LogP contribution in [0.4, 0.5) is 16.2 Å². The van der Waals surface area contributed by atoms with Gasteiger partial charge in [0.2, 0.25) is 0 Å². The van der Waals surface area contributed by atoms with E-state index in [0.29, 0.717) is 43.0 Å². The SMILES string of the molecule is CCOC(=O)c1ccccc1NC(=O)N1CCN(c2ccccc2C#N)CC1. The molecule has 0 spiro atoms. The number of benzene rings is 2. The summed E-state index contributed by atoms with van der Waals surface area (Å²) in [5.41, 5.74) is 2.28. The number of piperazine rings is 1. The number of esters is 1. The summed E-state index contributed by atoms with van der Waals surface area (Å²) in [5, 5.41) is 12.1. The number of hydrogen-bond donors (Lipinski definition) is 1. The standard InChI is InChI=1S/C21H22N4O3/c1-2-28-20(26)17-8-4-5-9-18(17)23-21(27)25-13-11-24(12-14-25)19-10-6-3-7-16(19)15-22/h3-10H,2,11-14H2,1H3,(H,23,27). The van der Waals surface area contributed by atoms with Crippen molar-refractivity contribution < 1.29 is 14.3 Å². The van der Waals surface area contributed by atoms with Crippen molar-refractivity contribution in [3.05, 3.63) is 59.7 Å². The highest BCUT2D eigenvalue weighted by Gasteiger charge is 2.23. The fraction of sp³-hybridized carbons (Fsp3) is 0.286. The van der Waals surface area contributed by atoms with Crippen LogP contribution < -0.4 is 10.2 Å². The van der Waals surface area contributed by atoms with Gasteiger partial charge in [-0.3, -0.25) is 0 Å². The summed E-state index contributed by atoms with van der Waals surface area (Å²) in [5.74, 6) is -0.462. The van der Waals surface area contributed by atoms with Gasteiger partial charge in [-0.1, -0.05) is 24.3 Å². The van der Waals surface area contributed by atoms with Crippen molar-refractivity contribution in [2.75, 3.05) is 43.0 Å². The van der Waals surface area contributed by atoms with E-state index in [1.807, 2.05) is 18.2 Å². The number of amides is 2. The number of rotatable bonds is 4. The summed E-state index contributed by atoms with van der Waals surface area (Å²) < 4.78 is 5.04. The summed E-state index contributed by atoms with van der Waals surface area (Å²) in [6, 6.07) is 16.2. The van der Waals surface area contributed by atoms with Crippen LogP contribution in [-0.2, 0) is 4.74 Å². The van der Waals surface area contributed by atoms with Crippen LogP contribution in [0.2, 0.25) is 0 Å². The number of carbonyl (C=O) groups excluding carboxylic acids is 2. The van der Waals surface area contributed by atoms with Crippen molar-refractivity contribution in [3.63, 3.8) is 0 Å². The molecule has 0 aliphatic carbocycles. The van der Waals surface area contributed by atoms with Gasteiger partial charge in [-0.2, -0.15) is 5.26 Å². The maximum atomic E-state index is 12.7. The lowest BCUT2D eigenvalue weighted by Gasteiger charge is -2.36. The van der Waals surface area contributed by atoms with Crippen LogP contribution >= 0.6 is 0 Å². The van der Waals surface area contributed by atoms with Gasteiger partial charge < -0.3 is 19.9 Å². The largest absolute Gasteiger partial charge is 0.462 e. The Bertz CT molecular complexity index is 899. The maximum absolute atomic E-state index is 12.7. The molecule has 7 nitrogen and oxygen atoms in total. The van der Waals surface area contributed by atoms with Gasteiger partial charge in [-0.05, 0) is 31.2 Å². The molecule has 1 fully saturated rings. The lowest BCUT2D eigenvalue weighted by atomic mass is 10.1. The average Bonchev–Trinajstić information content (AvgIpc) is 2.74. The molecular formula is C21H22N4O3. The second kappa shape index (κ2) is 8.91. The minimum absolute atomic E-state index is 0.259. The molecular weight excluding hydrogens is 356 g/mol. The molecule has 0 bridgehead atoms. The number of anilines is 2. The molecule has 7 heteroatoms. The van der Waals surface area contributed by atoms with Crippen LogP contribution in [0.25, 0.3) is 0 Å². The molecule has 1 aliphatic rings. The lowest BCUT2D eigenvalue weighted by Crippen LogP contribution is -2.50. The number of para-hydroxylation sites is 2. The quantitative estimate of drug-likeness (QED) is 0.827. The summed E-state index contributed by atoms with van der Waals surface area (Å²) in [7, 11) is 0. The zero-order valence-corrected chi connectivity index (χ0v) is 15.7. The molecule has 28 heavy (non-hydrogen) atoms. The number of carbonyl (C=O) groups is 2. The summed E-state index contributed by atoms with van der Waals surface area (Å²) in [6.07, 6.45) is 0. The van der Waals surface area contributed by atoms with Crippen LogP contribution in [-0.4, -0.2) is 49.7 Å². The average molecular weight is 378 g/mol. The third kappa shape index (κ3) is 4.23. The molecule has 1 saturated heterocycles. The molecule has 2 aromatic rings. The molecule has 2 amide bonds. The smallest absolute Gasteiger partial charge is 0.340 e. The highest BCUT2D eigenvalue weighted by Crippen LogP contribution is 2.22. The van der Waals surface area contributed by atoms with Gasteiger partial charge in [0.25, 0.3) is 0 Å². The monoisotopic (exact) mass is 378 g/mol. The molecule has 1 heterocycles. The maximum Gasteiger partial charge on any atom is 0.340 e. The van der Waals surface area contributed by atoms with Gasteiger partial charge in [0, 0.05) is 26.2 Å². The highest BCUT2D eigenvalue weighted by atomic mass is 16.5. The van der Waals surface area contributed by atoms with Crippen molar-refractivity contribution in [2.45, 2.75) is 6.92 Å². The number of nitrogens with one attached hydrogen (secondary N) is 1. The molecule has 0 unspecified atom stereocenters. The number of nitrogens with zero attached hydrogens (tertiary/aromatic N) is 3. The van der Waals surface area contributed by atoms with E-state index in [-0.39, 0.29) is 12.6 Å². The van der Waals surface area contributed by atoms with Crippen LogP contribution in [0.1, 0.15) is 22.8 Å². The highest BCUT2D eigenvalue weighted by molar-refractivity contribution is 6.00. The Morgan fingerprint density at radius 2 is 1.75 bits per heavy atom. The number of nitriles is 1. The third-order valence-electron chi connectivity index (χ3n) is 4.60. The molecule has 2 aromatic carbocycles. The molecule has 0 radical (unpaired) electrons. The molecule has 144 valence electrons. The van der Waals surface area contributed by atoms with Gasteiger partial charge in [0.05, 0.1) is 29.1 Å². The first kappa shape index (κ1) is 19.2. The van der Waals surface area contributed by atoms with Crippen LogP contribution in [0, 0.1) is 11.3 Å². The Labute approximate surface area is 164 Å². The Morgan fingerprint density at radius 1 is 1.07 bits per heavy atom. The van der Waals surface area contributed by atoms with E-state index in [1.165, 1.54) is 0 Å². The van der Waals surface area contributed by atoms with E-state index in [4.69, 9.17) is 4.74 Å². The van der Waals surface area contributed by atoms with Crippen molar-refractivity contribution >= 4 is 23.4 Å². The zero-order chi connectivity index (χ0) is 19.9. The fourth-order valence-corrected chi connectivity index (χ4v) is 3.17. The normalized spacial score (nSPS) is 13.6. The third-order valence-corrected chi connectivity index (χ3v) is 4.60. The van der Waals surface area contributed by atoms with Crippen LogP contribution in [0.5, 0.6) is 0 Å². The molecule has 1 N–H and O–H groups in total. The van der Waals surface area contributed by atoms with Crippen molar-refractivity contribution in [3.8, 4) is 6.07 Å². The summed E-state index contributed by atoms with van der Waals surface area (Å²) >= 11 is 0. The van der Waals surface area contributed by atoms with Gasteiger partial charge in [0.1, 0.15) is 6.07 Å². The second-order valence-corrected chi connectivity index (χ2v) is 6.30. The Balaban J connectivity index is 1.64. The van der Waals surface area contributed by atoms with Gasteiger partial charge in [-0.15, -0.1) is 0 Å². The minimum atomic E-state index is -0.462. The van der Waals surface area contributed by atoms with Crippen molar-refractivity contribution in [1.82, 2.24) is 4.90 Å². The predicted molar refractivity (Wildman–Crippen MR) is 106 cm³/mol. The van der Waals surface area contributed by atoms with E-state index < -0.39 is 5.97 Å². The summed E-state index contributed by atoms with van der Waals surface area (Å²) in [6.45, 7) is 4.31. The topological polar surface area (TPSA) is 85.7 Å². The van der Waals surface area contributed by atoms with Crippen molar-refractivity contribution in [2.24, 2.45) is 0 Å². The Morgan fingerprint density at radius 3 is 2.46 bits per heavy atom. The lowest BCUT2D eigenvalue weighted by molar-refractivity contribution is 0.0527. The Hall–Kier alpha value is -3.53. The van der Waals surface area contributed by atoms with Crippen LogP contribution in [0.15, 0.2) is 48.5 Å². The van der Waals surface area contributed by atoms with Crippen LogP contribution in [0.3, 0.4) is 0 Å². The fourth-order valence-electron chi connectivity index (χ4n) is 3.17. The first-order valence-electron chi connectivity index (χ1n) is 9.20. The van der Waals surface area contributed by atoms with E-state index in [2.05, 4.69) is 16.3 Å². The van der Waals surface area contributed by atoms with Gasteiger partial charge >= 0.3 is 12.0 Å². The number of urea groups is 1. The zero-order valence-electron chi connectivity index (χ0n) is 15.7. The molecule has 1 aliphatic heterocycles. The first-order chi connectivity index (χ1) is 13.6. The molecule has 0 atom stereocenters. The van der Waals surface area contributed by atoms with E-state index >= 15 is 0 Å². The molecule has 0 aromatic heterocycles. The van der Waals surface area contributed by atoms with Gasteiger partial charge in [-0.25, -0.2) is 9.59 Å².